The van der Waals surface area contributed by atoms with Crippen LogP contribution in [0.25, 0.3) is 0 Å². The molecule has 1 heterocycles. The van der Waals surface area contributed by atoms with Gasteiger partial charge in [0.05, 0.1) is 0 Å². The van der Waals surface area contributed by atoms with Gasteiger partial charge in [-0.25, -0.2) is 0 Å². The van der Waals surface area contributed by atoms with E-state index < -0.39 is 0 Å². The number of benzene rings is 1. The molecule has 2 nitrogen and oxygen atoms in total. The number of hydrogen-bond donors (Lipinski definition) is 2. The number of nitrogens with two attached hydrogens (primary N) is 1. The molecule has 1 fully saturated rings. The lowest BCUT2D eigenvalue weighted by Crippen LogP contribution is -2.35. The van der Waals surface area contributed by atoms with Crippen LogP contribution in [0, 0.1) is 27.7 Å². The fourth-order valence-corrected chi connectivity index (χ4v) is 2.97. The highest BCUT2D eigenvalue weighted by atomic mass is 15.0. The molecule has 2 atom stereocenters. The Morgan fingerprint density at radius 3 is 2.24 bits per heavy atom. The van der Waals surface area contributed by atoms with Gasteiger partial charge in [-0.2, -0.15) is 0 Å². The molecule has 1 aromatic carbocycles. The van der Waals surface area contributed by atoms with Crippen LogP contribution in [0.3, 0.4) is 0 Å². The van der Waals surface area contributed by atoms with Gasteiger partial charge in [-0.15, -0.1) is 0 Å². The summed E-state index contributed by atoms with van der Waals surface area (Å²) in [6, 6.07) is 2.85. The smallest absolute Gasteiger partial charge is 0.0456 e. The highest BCUT2D eigenvalue weighted by molar-refractivity contribution is 5.46. The van der Waals surface area contributed by atoms with E-state index >= 15 is 0 Å². The second kappa shape index (κ2) is 4.79. The number of aryl methyl sites for hydroxylation is 2. The Balaban J connectivity index is 2.42. The van der Waals surface area contributed by atoms with E-state index in [1.807, 2.05) is 0 Å². The van der Waals surface area contributed by atoms with Gasteiger partial charge >= 0.3 is 0 Å². The normalized spacial score (nSPS) is 21.8. The average Bonchev–Trinajstić information content (AvgIpc) is 2.80. The Bertz CT molecular complexity index is 391. The summed E-state index contributed by atoms with van der Waals surface area (Å²) in [6.45, 7) is 9.87. The predicted octanol–water partition coefficient (Wildman–Crippen LogP) is 2.67. The summed E-state index contributed by atoms with van der Waals surface area (Å²) in [5.74, 6) is 0. The second-order valence-electron chi connectivity index (χ2n) is 5.40. The van der Waals surface area contributed by atoms with Crippen LogP contribution in [-0.4, -0.2) is 12.6 Å². The van der Waals surface area contributed by atoms with Crippen LogP contribution in [0.4, 0.5) is 0 Å². The van der Waals surface area contributed by atoms with Crippen molar-refractivity contribution in [1.29, 1.82) is 0 Å². The van der Waals surface area contributed by atoms with Crippen LogP contribution in [0.5, 0.6) is 0 Å². The molecule has 2 unspecified atom stereocenters. The van der Waals surface area contributed by atoms with E-state index in [-0.39, 0.29) is 6.04 Å². The SMILES string of the molecule is Cc1cc(C)c(C)c(C(N)C2CCCN2)c1C. The van der Waals surface area contributed by atoms with Gasteiger partial charge in [0, 0.05) is 12.1 Å². The lowest BCUT2D eigenvalue weighted by Gasteiger charge is -2.25. The summed E-state index contributed by atoms with van der Waals surface area (Å²) >= 11 is 0. The molecule has 2 rings (SSSR count). The molecule has 1 aromatic rings. The maximum absolute atomic E-state index is 6.48. The van der Waals surface area contributed by atoms with Gasteiger partial charge in [0.2, 0.25) is 0 Å². The van der Waals surface area contributed by atoms with Gasteiger partial charge < -0.3 is 11.1 Å². The molecule has 2 heteroatoms. The molecule has 3 N–H and O–H groups in total. The predicted molar refractivity (Wildman–Crippen MR) is 73.3 cm³/mol. The van der Waals surface area contributed by atoms with Crippen molar-refractivity contribution >= 4 is 0 Å². The molecule has 94 valence electrons. The summed E-state index contributed by atoms with van der Waals surface area (Å²) < 4.78 is 0. The fraction of sp³-hybridized carbons (Fsp3) is 0.600. The van der Waals surface area contributed by atoms with Crippen LogP contribution in [0.2, 0.25) is 0 Å². The van der Waals surface area contributed by atoms with Crippen molar-refractivity contribution in [2.24, 2.45) is 5.73 Å². The van der Waals surface area contributed by atoms with E-state index in [4.69, 9.17) is 5.73 Å². The molecule has 1 aliphatic heterocycles. The molecular weight excluding hydrogens is 208 g/mol. The third-order valence-corrected chi connectivity index (χ3v) is 4.29. The standard InChI is InChI=1S/C15H24N2/c1-9-8-10(2)12(4)14(11(9)3)15(16)13-6-5-7-17-13/h8,13,15,17H,5-7,16H2,1-4H3. The summed E-state index contributed by atoms with van der Waals surface area (Å²) in [7, 11) is 0. The van der Waals surface area contributed by atoms with Crippen molar-refractivity contribution < 1.29 is 0 Å². The monoisotopic (exact) mass is 232 g/mol. The maximum atomic E-state index is 6.48. The molecule has 0 amide bonds. The first-order valence-corrected chi connectivity index (χ1v) is 6.58. The molecule has 0 spiro atoms. The van der Waals surface area contributed by atoms with Crippen LogP contribution < -0.4 is 11.1 Å². The summed E-state index contributed by atoms with van der Waals surface area (Å²) in [6.07, 6.45) is 2.45. The molecule has 17 heavy (non-hydrogen) atoms. The summed E-state index contributed by atoms with van der Waals surface area (Å²) in [4.78, 5) is 0. The van der Waals surface area contributed by atoms with E-state index in [9.17, 15) is 0 Å². The van der Waals surface area contributed by atoms with Crippen molar-refractivity contribution in [3.8, 4) is 0 Å². The van der Waals surface area contributed by atoms with Crippen LogP contribution >= 0.6 is 0 Å². The van der Waals surface area contributed by atoms with Crippen molar-refractivity contribution in [3.63, 3.8) is 0 Å². The Morgan fingerprint density at radius 2 is 1.76 bits per heavy atom. The van der Waals surface area contributed by atoms with Gasteiger partial charge in [-0.05, 0) is 74.9 Å². The first-order chi connectivity index (χ1) is 8.02. The lowest BCUT2D eigenvalue weighted by molar-refractivity contribution is 0.497. The van der Waals surface area contributed by atoms with Gasteiger partial charge in [-0.3, -0.25) is 0 Å². The topological polar surface area (TPSA) is 38.0 Å². The highest BCUT2D eigenvalue weighted by Crippen LogP contribution is 2.30. The summed E-state index contributed by atoms with van der Waals surface area (Å²) in [5, 5.41) is 3.52. The number of hydrogen-bond acceptors (Lipinski definition) is 2. The number of nitrogens with one attached hydrogen (secondary N) is 1. The Hall–Kier alpha value is -0.860. The van der Waals surface area contributed by atoms with Crippen molar-refractivity contribution in [3.05, 3.63) is 33.9 Å². The molecule has 1 saturated heterocycles. The molecule has 0 radical (unpaired) electrons. The first kappa shape index (κ1) is 12.6. The second-order valence-corrected chi connectivity index (χ2v) is 5.40. The van der Waals surface area contributed by atoms with Crippen LogP contribution in [0.15, 0.2) is 6.07 Å². The lowest BCUT2D eigenvalue weighted by atomic mass is 9.87. The largest absolute Gasteiger partial charge is 0.323 e. The molecule has 0 aromatic heterocycles. The van der Waals surface area contributed by atoms with E-state index in [1.54, 1.807) is 0 Å². The molecule has 0 saturated carbocycles. The zero-order valence-electron chi connectivity index (χ0n) is 11.4. The van der Waals surface area contributed by atoms with Gasteiger partial charge in [0.1, 0.15) is 0 Å². The van der Waals surface area contributed by atoms with Gasteiger partial charge in [0.25, 0.3) is 0 Å². The Kier molecular flexibility index (Phi) is 3.55. The minimum atomic E-state index is 0.135. The van der Waals surface area contributed by atoms with E-state index in [2.05, 4.69) is 39.1 Å². The van der Waals surface area contributed by atoms with E-state index in [1.165, 1.54) is 40.7 Å². The zero-order valence-corrected chi connectivity index (χ0v) is 11.4. The fourth-order valence-electron chi connectivity index (χ4n) is 2.97. The summed E-state index contributed by atoms with van der Waals surface area (Å²) in [5.41, 5.74) is 13.3. The van der Waals surface area contributed by atoms with E-state index in [0.717, 1.165) is 6.54 Å². The quantitative estimate of drug-likeness (QED) is 0.822. The van der Waals surface area contributed by atoms with E-state index in [0.29, 0.717) is 6.04 Å². The van der Waals surface area contributed by atoms with Crippen LogP contribution in [-0.2, 0) is 0 Å². The number of rotatable bonds is 2. The molecule has 0 aliphatic carbocycles. The van der Waals surface area contributed by atoms with Crippen molar-refractivity contribution in [2.45, 2.75) is 52.6 Å². The van der Waals surface area contributed by atoms with Gasteiger partial charge in [0.15, 0.2) is 0 Å². The molecular formula is C15H24N2. The maximum Gasteiger partial charge on any atom is 0.0456 e. The highest BCUT2D eigenvalue weighted by Gasteiger charge is 2.25. The minimum absolute atomic E-state index is 0.135. The molecule has 1 aliphatic rings. The van der Waals surface area contributed by atoms with Gasteiger partial charge in [-0.1, -0.05) is 6.07 Å². The minimum Gasteiger partial charge on any atom is -0.323 e. The average molecular weight is 232 g/mol. The third-order valence-electron chi connectivity index (χ3n) is 4.29. The van der Waals surface area contributed by atoms with Crippen molar-refractivity contribution in [2.75, 3.05) is 6.54 Å². The van der Waals surface area contributed by atoms with Crippen LogP contribution in [0.1, 0.15) is 46.7 Å². The van der Waals surface area contributed by atoms with Crippen molar-refractivity contribution in [1.82, 2.24) is 5.32 Å². The Labute approximate surface area is 105 Å². The first-order valence-electron chi connectivity index (χ1n) is 6.58. The Morgan fingerprint density at radius 1 is 1.18 bits per heavy atom. The zero-order chi connectivity index (χ0) is 12.6. The molecule has 0 bridgehead atoms. The third kappa shape index (κ3) is 2.24.